The summed E-state index contributed by atoms with van der Waals surface area (Å²) in [7, 11) is 0. The lowest BCUT2D eigenvalue weighted by Crippen LogP contribution is -2.16. The second-order valence-electron chi connectivity index (χ2n) is 4.81. The summed E-state index contributed by atoms with van der Waals surface area (Å²) in [5.41, 5.74) is 6.48. The van der Waals surface area contributed by atoms with E-state index in [1.807, 2.05) is 32.0 Å². The molecular formula is C14H21NO3. The maximum Gasteiger partial charge on any atom is 0.146 e. The van der Waals surface area contributed by atoms with Crippen LogP contribution in [0.2, 0.25) is 0 Å². The molecule has 1 fully saturated rings. The molecule has 0 spiro atoms. The lowest BCUT2D eigenvalue weighted by molar-refractivity contribution is 0.0678. The summed E-state index contributed by atoms with van der Waals surface area (Å²) in [4.78, 5) is 0. The highest BCUT2D eigenvalue weighted by molar-refractivity contribution is 5.55. The van der Waals surface area contributed by atoms with Crippen LogP contribution in [0.4, 0.5) is 5.69 Å². The Morgan fingerprint density at radius 1 is 1.44 bits per heavy atom. The Balaban J connectivity index is 1.95. The highest BCUT2D eigenvalue weighted by atomic mass is 16.5. The average Bonchev–Trinajstić information content (AvgIpc) is 2.82. The quantitative estimate of drug-likeness (QED) is 0.817. The maximum absolute atomic E-state index is 5.85. The predicted molar refractivity (Wildman–Crippen MR) is 71.1 cm³/mol. The summed E-state index contributed by atoms with van der Waals surface area (Å²) in [6, 6.07) is 5.50. The van der Waals surface area contributed by atoms with E-state index in [4.69, 9.17) is 19.9 Å². The molecule has 0 radical (unpaired) electrons. The van der Waals surface area contributed by atoms with E-state index in [9.17, 15) is 0 Å². The van der Waals surface area contributed by atoms with Crippen LogP contribution in [-0.2, 0) is 4.74 Å². The second kappa shape index (κ2) is 5.96. The number of anilines is 1. The van der Waals surface area contributed by atoms with Gasteiger partial charge in [-0.05, 0) is 38.8 Å². The van der Waals surface area contributed by atoms with Gasteiger partial charge in [0.1, 0.15) is 18.1 Å². The SMILES string of the molecule is CC(C)Oc1cc(OCC2CCCO2)ccc1N. The molecule has 4 nitrogen and oxygen atoms in total. The van der Waals surface area contributed by atoms with Crippen molar-refractivity contribution in [1.82, 2.24) is 0 Å². The Kier molecular flexibility index (Phi) is 4.31. The number of nitrogens with two attached hydrogens (primary N) is 1. The van der Waals surface area contributed by atoms with Gasteiger partial charge in [0.15, 0.2) is 0 Å². The van der Waals surface area contributed by atoms with Crippen LogP contribution in [-0.4, -0.2) is 25.4 Å². The van der Waals surface area contributed by atoms with Gasteiger partial charge < -0.3 is 19.9 Å². The van der Waals surface area contributed by atoms with Crippen LogP contribution in [0.3, 0.4) is 0 Å². The van der Waals surface area contributed by atoms with Gasteiger partial charge in [0.2, 0.25) is 0 Å². The normalized spacial score (nSPS) is 19.2. The van der Waals surface area contributed by atoms with Crippen molar-refractivity contribution in [3.8, 4) is 11.5 Å². The van der Waals surface area contributed by atoms with Crippen LogP contribution < -0.4 is 15.2 Å². The fraction of sp³-hybridized carbons (Fsp3) is 0.571. The van der Waals surface area contributed by atoms with Crippen molar-refractivity contribution in [1.29, 1.82) is 0 Å². The Labute approximate surface area is 108 Å². The molecule has 1 aromatic rings. The number of nitrogen functional groups attached to an aromatic ring is 1. The molecule has 1 aliphatic rings. The number of benzene rings is 1. The van der Waals surface area contributed by atoms with Crippen LogP contribution in [0.25, 0.3) is 0 Å². The van der Waals surface area contributed by atoms with Crippen molar-refractivity contribution in [2.45, 2.75) is 38.9 Å². The summed E-state index contributed by atoms with van der Waals surface area (Å²) < 4.78 is 16.8. The summed E-state index contributed by atoms with van der Waals surface area (Å²) in [5, 5.41) is 0. The number of rotatable bonds is 5. The molecule has 0 saturated carbocycles. The molecule has 0 aliphatic carbocycles. The summed E-state index contributed by atoms with van der Waals surface area (Å²) in [5.74, 6) is 1.45. The third-order valence-corrected chi connectivity index (χ3v) is 2.81. The molecule has 1 aromatic carbocycles. The van der Waals surface area contributed by atoms with E-state index >= 15 is 0 Å². The van der Waals surface area contributed by atoms with Gasteiger partial charge in [-0.25, -0.2) is 0 Å². The molecule has 2 rings (SSSR count). The number of hydrogen-bond acceptors (Lipinski definition) is 4. The van der Waals surface area contributed by atoms with Crippen molar-refractivity contribution in [3.05, 3.63) is 18.2 Å². The van der Waals surface area contributed by atoms with E-state index in [2.05, 4.69) is 0 Å². The maximum atomic E-state index is 5.85. The average molecular weight is 251 g/mol. The third kappa shape index (κ3) is 3.53. The van der Waals surface area contributed by atoms with Crippen molar-refractivity contribution >= 4 is 5.69 Å². The lowest BCUT2D eigenvalue weighted by Gasteiger charge is -2.15. The first kappa shape index (κ1) is 13.0. The Hall–Kier alpha value is -1.42. The molecular weight excluding hydrogens is 230 g/mol. The van der Waals surface area contributed by atoms with Gasteiger partial charge in [0.05, 0.1) is 17.9 Å². The fourth-order valence-corrected chi connectivity index (χ4v) is 1.93. The highest BCUT2D eigenvalue weighted by Crippen LogP contribution is 2.28. The van der Waals surface area contributed by atoms with Gasteiger partial charge in [-0.15, -0.1) is 0 Å². The Bertz CT molecular complexity index is 387. The minimum atomic E-state index is 0.0979. The smallest absolute Gasteiger partial charge is 0.146 e. The predicted octanol–water partition coefficient (Wildman–Crippen LogP) is 2.61. The van der Waals surface area contributed by atoms with Crippen molar-refractivity contribution in [3.63, 3.8) is 0 Å². The van der Waals surface area contributed by atoms with Crippen molar-refractivity contribution in [2.75, 3.05) is 18.9 Å². The Morgan fingerprint density at radius 2 is 2.28 bits per heavy atom. The molecule has 2 N–H and O–H groups in total. The van der Waals surface area contributed by atoms with Gasteiger partial charge in [0, 0.05) is 12.7 Å². The summed E-state index contributed by atoms with van der Waals surface area (Å²) in [6.45, 7) is 5.38. The van der Waals surface area contributed by atoms with Gasteiger partial charge in [-0.3, -0.25) is 0 Å². The van der Waals surface area contributed by atoms with Crippen LogP contribution in [0.5, 0.6) is 11.5 Å². The molecule has 100 valence electrons. The first-order valence-electron chi connectivity index (χ1n) is 6.45. The molecule has 1 unspecified atom stereocenters. The minimum absolute atomic E-state index is 0.0979. The summed E-state index contributed by atoms with van der Waals surface area (Å²) >= 11 is 0. The zero-order valence-electron chi connectivity index (χ0n) is 11.0. The van der Waals surface area contributed by atoms with Gasteiger partial charge >= 0.3 is 0 Å². The highest BCUT2D eigenvalue weighted by Gasteiger charge is 2.16. The second-order valence-corrected chi connectivity index (χ2v) is 4.81. The van der Waals surface area contributed by atoms with Crippen LogP contribution in [0.15, 0.2) is 18.2 Å². The molecule has 0 amide bonds. The van der Waals surface area contributed by atoms with Gasteiger partial charge in [-0.2, -0.15) is 0 Å². The molecule has 1 aliphatic heterocycles. The van der Waals surface area contributed by atoms with Crippen molar-refractivity contribution < 1.29 is 14.2 Å². The standard InChI is InChI=1S/C14H21NO3/c1-10(2)18-14-8-11(5-6-13(14)15)17-9-12-4-3-7-16-12/h5-6,8,10,12H,3-4,7,9,15H2,1-2H3. The molecule has 18 heavy (non-hydrogen) atoms. The van der Waals surface area contributed by atoms with E-state index in [0.717, 1.165) is 25.2 Å². The molecule has 0 aromatic heterocycles. The molecule has 1 atom stereocenters. The lowest BCUT2D eigenvalue weighted by atomic mass is 10.2. The zero-order chi connectivity index (χ0) is 13.0. The number of ether oxygens (including phenoxy) is 3. The molecule has 1 heterocycles. The third-order valence-electron chi connectivity index (χ3n) is 2.81. The van der Waals surface area contributed by atoms with Crippen LogP contribution in [0, 0.1) is 0 Å². The minimum Gasteiger partial charge on any atom is -0.491 e. The van der Waals surface area contributed by atoms with Crippen LogP contribution in [0.1, 0.15) is 26.7 Å². The van der Waals surface area contributed by atoms with E-state index in [-0.39, 0.29) is 12.2 Å². The van der Waals surface area contributed by atoms with E-state index in [1.54, 1.807) is 0 Å². The van der Waals surface area contributed by atoms with E-state index in [0.29, 0.717) is 18.0 Å². The largest absolute Gasteiger partial charge is 0.491 e. The van der Waals surface area contributed by atoms with E-state index < -0.39 is 0 Å². The van der Waals surface area contributed by atoms with Crippen molar-refractivity contribution in [2.24, 2.45) is 0 Å². The van der Waals surface area contributed by atoms with Crippen LogP contribution >= 0.6 is 0 Å². The fourth-order valence-electron chi connectivity index (χ4n) is 1.93. The van der Waals surface area contributed by atoms with E-state index in [1.165, 1.54) is 0 Å². The first-order chi connectivity index (χ1) is 8.65. The van der Waals surface area contributed by atoms with Gasteiger partial charge in [-0.1, -0.05) is 0 Å². The molecule has 1 saturated heterocycles. The molecule has 0 bridgehead atoms. The topological polar surface area (TPSA) is 53.7 Å². The monoisotopic (exact) mass is 251 g/mol. The first-order valence-corrected chi connectivity index (χ1v) is 6.45. The summed E-state index contributed by atoms with van der Waals surface area (Å²) in [6.07, 6.45) is 2.51. The number of hydrogen-bond donors (Lipinski definition) is 1. The Morgan fingerprint density at radius 3 is 2.94 bits per heavy atom. The van der Waals surface area contributed by atoms with Gasteiger partial charge in [0.25, 0.3) is 0 Å². The molecule has 4 heteroatoms. The zero-order valence-corrected chi connectivity index (χ0v) is 11.0.